The Morgan fingerprint density at radius 1 is 0.328 bits per heavy atom. The molecule has 0 aliphatic heterocycles. The molecule has 0 spiro atoms. The summed E-state index contributed by atoms with van der Waals surface area (Å²) >= 11 is 0. The second-order valence-electron chi connectivity index (χ2n) is 16.2. The van der Waals surface area contributed by atoms with Crippen LogP contribution in [-0.2, 0) is 28.8 Å². The van der Waals surface area contributed by atoms with E-state index in [2.05, 4.69) is 27.7 Å². The van der Waals surface area contributed by atoms with Crippen molar-refractivity contribution < 1.29 is 59.4 Å². The molecule has 0 saturated heterocycles. The van der Waals surface area contributed by atoms with Gasteiger partial charge >= 0.3 is 35.8 Å². The number of rotatable bonds is 39. The molecule has 6 N–H and O–H groups in total. The number of carboxylic acids is 6. The van der Waals surface area contributed by atoms with Crippen LogP contribution in [0.2, 0.25) is 0 Å². The Morgan fingerprint density at radius 2 is 0.569 bits per heavy atom. The molecule has 0 saturated carbocycles. The zero-order valence-corrected chi connectivity index (χ0v) is 37.1. The molecule has 0 fully saturated rings. The summed E-state index contributed by atoms with van der Waals surface area (Å²) in [5.41, 5.74) is 0. The van der Waals surface area contributed by atoms with Crippen molar-refractivity contribution in [3.05, 3.63) is 0 Å². The topological polar surface area (TPSA) is 224 Å². The third-order valence-electron chi connectivity index (χ3n) is 10.9. The van der Waals surface area contributed by atoms with Crippen molar-refractivity contribution in [2.45, 2.75) is 233 Å². The van der Waals surface area contributed by atoms with E-state index in [1.54, 1.807) is 0 Å². The van der Waals surface area contributed by atoms with Crippen molar-refractivity contribution in [1.29, 1.82) is 0 Å². The molecule has 0 bridgehead atoms. The van der Waals surface area contributed by atoms with Gasteiger partial charge in [-0.05, 0) is 63.2 Å². The van der Waals surface area contributed by atoms with Gasteiger partial charge in [-0.25, -0.2) is 0 Å². The van der Waals surface area contributed by atoms with Crippen LogP contribution in [0.5, 0.6) is 0 Å². The van der Waals surface area contributed by atoms with Crippen molar-refractivity contribution in [1.82, 2.24) is 0 Å². The number of carboxylic acid groups (broad SMARTS) is 6. The first-order valence-electron chi connectivity index (χ1n) is 23.0. The Balaban J connectivity index is -0.000000804. The maximum atomic E-state index is 11.4. The monoisotopic (exact) mass is 831 g/mol. The molecule has 0 aromatic rings. The van der Waals surface area contributed by atoms with Gasteiger partial charge in [-0.15, -0.1) is 0 Å². The van der Waals surface area contributed by atoms with E-state index >= 15 is 0 Å². The lowest BCUT2D eigenvalue weighted by atomic mass is 9.86. The Bertz CT molecular complexity index is 950. The fourth-order valence-electron chi connectivity index (χ4n) is 7.11. The quantitative estimate of drug-likeness (QED) is 0.0318. The van der Waals surface area contributed by atoms with E-state index in [0.29, 0.717) is 11.8 Å². The lowest BCUT2D eigenvalue weighted by molar-refractivity contribution is -0.143. The molecule has 0 amide bonds. The van der Waals surface area contributed by atoms with Crippen LogP contribution in [0, 0.1) is 23.7 Å². The molecular formula is C46H86O12. The van der Waals surface area contributed by atoms with Gasteiger partial charge in [-0.2, -0.15) is 0 Å². The molecule has 0 heterocycles. The fraction of sp³-hybridized carbons (Fsp3) is 0.870. The van der Waals surface area contributed by atoms with Gasteiger partial charge in [-0.1, -0.05) is 156 Å². The van der Waals surface area contributed by atoms with Crippen molar-refractivity contribution in [2.24, 2.45) is 23.7 Å². The van der Waals surface area contributed by atoms with Crippen molar-refractivity contribution in [3.63, 3.8) is 0 Å². The first-order chi connectivity index (χ1) is 27.6. The van der Waals surface area contributed by atoms with Gasteiger partial charge in [0.25, 0.3) is 0 Å². The van der Waals surface area contributed by atoms with Crippen LogP contribution in [-0.4, -0.2) is 66.5 Å². The van der Waals surface area contributed by atoms with Gasteiger partial charge in [0.1, 0.15) is 0 Å². The number of aliphatic carboxylic acids is 6. The Labute approximate surface area is 351 Å². The maximum Gasteiger partial charge on any atom is 0.306 e. The summed E-state index contributed by atoms with van der Waals surface area (Å²) in [4.78, 5) is 63.9. The predicted octanol–water partition coefficient (Wildman–Crippen LogP) is 12.5. The average Bonchev–Trinajstić information content (AvgIpc) is 3.16. The molecule has 58 heavy (non-hydrogen) atoms. The second-order valence-corrected chi connectivity index (χ2v) is 16.2. The third kappa shape index (κ3) is 45.5. The first kappa shape index (κ1) is 59.1. The molecule has 12 nitrogen and oxygen atoms in total. The number of unbranched alkanes of at least 4 members (excludes halogenated alkanes) is 15. The number of hydrogen-bond acceptors (Lipinski definition) is 6. The van der Waals surface area contributed by atoms with Gasteiger partial charge in [0.05, 0.1) is 11.8 Å². The van der Waals surface area contributed by atoms with Crippen LogP contribution in [0.1, 0.15) is 233 Å². The van der Waals surface area contributed by atoms with Gasteiger partial charge in [0, 0.05) is 25.7 Å². The predicted molar refractivity (Wildman–Crippen MR) is 230 cm³/mol. The maximum absolute atomic E-state index is 11.4. The minimum absolute atomic E-state index is 0.208. The third-order valence-corrected chi connectivity index (χ3v) is 10.9. The summed E-state index contributed by atoms with van der Waals surface area (Å²) in [6.07, 6.45) is 27.8. The molecule has 0 aliphatic carbocycles. The number of carbonyl (C=O) groups is 6. The molecule has 0 radical (unpaired) electrons. The molecule has 0 aliphatic rings. The Kier molecular flexibility index (Phi) is 44.2. The zero-order valence-electron chi connectivity index (χ0n) is 37.1. The van der Waals surface area contributed by atoms with E-state index in [4.69, 9.17) is 20.4 Å². The van der Waals surface area contributed by atoms with Crippen molar-refractivity contribution in [2.75, 3.05) is 0 Å². The lowest BCUT2D eigenvalue weighted by Crippen LogP contribution is -2.18. The molecule has 4 unspecified atom stereocenters. The minimum Gasteiger partial charge on any atom is -0.481 e. The molecular weight excluding hydrogens is 744 g/mol. The Hall–Kier alpha value is -3.18. The van der Waals surface area contributed by atoms with E-state index in [-0.39, 0.29) is 37.5 Å². The van der Waals surface area contributed by atoms with Crippen LogP contribution in [0.25, 0.3) is 0 Å². The van der Waals surface area contributed by atoms with E-state index < -0.39 is 35.8 Å². The second kappa shape index (κ2) is 43.4. The molecule has 4 atom stereocenters. The molecule has 12 heteroatoms. The highest BCUT2D eigenvalue weighted by Gasteiger charge is 2.22. The number of hydrogen-bond donors (Lipinski definition) is 6. The minimum atomic E-state index is -0.740. The molecule has 0 aromatic carbocycles. The SMILES string of the molecule is CCCCC(CC)CC(CCCCCCCC(=O)O)C(=O)O.CCCCC(CC)CC(CCCCCCCC(=O)O)C(=O)O.O=C(O)CCCCCCCCC(=O)O. The molecule has 342 valence electrons. The van der Waals surface area contributed by atoms with Gasteiger partial charge < -0.3 is 30.6 Å². The van der Waals surface area contributed by atoms with E-state index in [0.717, 1.165) is 154 Å². The average molecular weight is 831 g/mol. The summed E-state index contributed by atoms with van der Waals surface area (Å²) in [6, 6.07) is 0. The zero-order chi connectivity index (χ0) is 44.4. The van der Waals surface area contributed by atoms with Crippen molar-refractivity contribution in [3.8, 4) is 0 Å². The lowest BCUT2D eigenvalue weighted by Gasteiger charge is -2.19. The van der Waals surface area contributed by atoms with E-state index in [9.17, 15) is 39.0 Å². The van der Waals surface area contributed by atoms with Gasteiger partial charge in [0.2, 0.25) is 0 Å². The smallest absolute Gasteiger partial charge is 0.306 e. The fourth-order valence-corrected chi connectivity index (χ4v) is 7.11. The summed E-state index contributed by atoms with van der Waals surface area (Å²) in [5.74, 6) is -3.59. The van der Waals surface area contributed by atoms with Crippen LogP contribution in [0.4, 0.5) is 0 Å². The molecule has 0 rings (SSSR count). The van der Waals surface area contributed by atoms with Crippen LogP contribution >= 0.6 is 0 Å². The van der Waals surface area contributed by atoms with Crippen LogP contribution in [0.15, 0.2) is 0 Å². The highest BCUT2D eigenvalue weighted by molar-refractivity contribution is 5.70. The summed E-state index contributed by atoms with van der Waals surface area (Å²) < 4.78 is 0. The summed E-state index contributed by atoms with van der Waals surface area (Å²) in [6.45, 7) is 8.65. The Morgan fingerprint density at radius 3 is 0.776 bits per heavy atom. The van der Waals surface area contributed by atoms with Gasteiger partial charge in [-0.3, -0.25) is 28.8 Å². The highest BCUT2D eigenvalue weighted by Crippen LogP contribution is 2.27. The van der Waals surface area contributed by atoms with Crippen molar-refractivity contribution >= 4 is 35.8 Å². The molecule has 0 aromatic heterocycles. The highest BCUT2D eigenvalue weighted by atomic mass is 16.4. The van der Waals surface area contributed by atoms with E-state index in [1.807, 2.05) is 0 Å². The summed E-state index contributed by atoms with van der Waals surface area (Å²) in [7, 11) is 0. The largest absolute Gasteiger partial charge is 0.481 e. The van der Waals surface area contributed by atoms with E-state index in [1.165, 1.54) is 25.7 Å². The summed E-state index contributed by atoms with van der Waals surface area (Å²) in [5, 5.41) is 52.6. The standard InChI is InChI=1S/2C18H34O4.C10H18O4/c2*1-3-5-11-15(4-2)14-16(18(21)22)12-9-7-6-8-10-13-17(19)20;11-9(12)7-5-3-1-2-4-6-8-10(13)14/h2*15-16H,3-14H2,1-2H3,(H,19,20)(H,21,22);1-8H2,(H,11,12)(H,13,14). The van der Waals surface area contributed by atoms with Gasteiger partial charge in [0.15, 0.2) is 0 Å². The van der Waals surface area contributed by atoms with Crippen LogP contribution < -0.4 is 0 Å². The van der Waals surface area contributed by atoms with Crippen LogP contribution in [0.3, 0.4) is 0 Å². The first-order valence-corrected chi connectivity index (χ1v) is 23.0. The normalized spacial score (nSPS) is 12.8.